The van der Waals surface area contributed by atoms with E-state index in [2.05, 4.69) is 46.1 Å². The van der Waals surface area contributed by atoms with Crippen molar-refractivity contribution in [2.75, 3.05) is 13.1 Å². The molecule has 2 fully saturated rings. The van der Waals surface area contributed by atoms with Crippen LogP contribution < -0.4 is 20.9 Å². The number of alkyl halides is 2. The second kappa shape index (κ2) is 19.7. The predicted molar refractivity (Wildman–Crippen MR) is 202 cm³/mol. The van der Waals surface area contributed by atoms with Crippen molar-refractivity contribution in [1.29, 1.82) is 0 Å². The molecule has 4 amide bonds. The molecule has 0 bridgehead atoms. The van der Waals surface area contributed by atoms with Crippen molar-refractivity contribution >= 4 is 57.2 Å². The molecule has 5 rings (SSSR count). The summed E-state index contributed by atoms with van der Waals surface area (Å²) in [4.78, 5) is 70.8. The first-order chi connectivity index (χ1) is 24.9. The maximum absolute atomic E-state index is 13.3. The Morgan fingerprint density at radius 3 is 2.30 bits per heavy atom. The van der Waals surface area contributed by atoms with Crippen LogP contribution in [0.25, 0.3) is 21.6 Å². The van der Waals surface area contributed by atoms with Crippen molar-refractivity contribution in [3.8, 4) is 10.6 Å². The Morgan fingerprint density at radius 2 is 1.72 bits per heavy atom. The van der Waals surface area contributed by atoms with Crippen LogP contribution in [0.15, 0.2) is 46.6 Å². The lowest BCUT2D eigenvalue weighted by atomic mass is 10.0. The van der Waals surface area contributed by atoms with Crippen molar-refractivity contribution in [2.45, 2.75) is 104 Å². The number of alkyl carbamates (subject to hydrolysis) is 1. The third-order valence-electron chi connectivity index (χ3n) is 7.54. The molecule has 4 atom stereocenters. The molecule has 1 aliphatic carbocycles. The number of para-hydroxylation sites is 2. The van der Waals surface area contributed by atoms with Crippen LogP contribution in [0.5, 0.6) is 0 Å². The van der Waals surface area contributed by atoms with Crippen LogP contribution in [0.4, 0.5) is 13.6 Å². The van der Waals surface area contributed by atoms with Crippen LogP contribution in [-0.2, 0) is 30.1 Å². The van der Waals surface area contributed by atoms with Gasteiger partial charge in [-0.05, 0) is 76.0 Å². The summed E-state index contributed by atoms with van der Waals surface area (Å²) in [6, 6.07) is 8.75. The standard InChI is InChI=1S/C20H32F2N4O6S.C12H8N2OS.C4H10/c1-11(16(21)22)15(18(29)25-33(31)12-7-8-12)24-17(28)13-6-5-9-26(13)14(27)10-23-19(30)32-20(2,3)4;15-12-11(10-6-3-7-16-10)13-8-4-1-2-5-9(8)14-12;1-4(2)3/h11-13,15-16H,5-10H2,1-4H3,(H,23,30)(H,24,28)(H,25,29);1-7H,(H,14,15);4H,1-3H3. The lowest BCUT2D eigenvalue weighted by Crippen LogP contribution is -2.57. The molecule has 1 saturated heterocycles. The number of aromatic amines is 1. The summed E-state index contributed by atoms with van der Waals surface area (Å²) in [5, 5.41) is 6.37. The molecule has 2 aliphatic rings. The average molecular weight is 781 g/mol. The Labute approximate surface area is 314 Å². The van der Waals surface area contributed by atoms with Crippen LogP contribution in [0.2, 0.25) is 0 Å². The fourth-order valence-corrected chi connectivity index (χ4v) is 6.64. The number of aromatic nitrogens is 2. The molecule has 292 valence electrons. The Balaban J connectivity index is 0.000000309. The number of H-pyrrole nitrogens is 1. The van der Waals surface area contributed by atoms with E-state index in [9.17, 15) is 37.0 Å². The van der Waals surface area contributed by atoms with E-state index in [1.807, 2.05) is 41.8 Å². The lowest BCUT2D eigenvalue weighted by molar-refractivity contribution is -0.139. The maximum Gasteiger partial charge on any atom is 0.408 e. The summed E-state index contributed by atoms with van der Waals surface area (Å²) in [7, 11) is -1.70. The van der Waals surface area contributed by atoms with Gasteiger partial charge >= 0.3 is 6.09 Å². The minimum Gasteiger partial charge on any atom is -0.444 e. The summed E-state index contributed by atoms with van der Waals surface area (Å²) in [6.45, 7) is 12.4. The number of thiophene rings is 1. The molecule has 1 aromatic carbocycles. The normalized spacial score (nSPS) is 17.1. The Hall–Kier alpha value is -4.25. The van der Waals surface area contributed by atoms with Crippen molar-refractivity contribution in [1.82, 2.24) is 30.2 Å². The fraction of sp³-hybridized carbons (Fsp3) is 0.556. The summed E-state index contributed by atoms with van der Waals surface area (Å²) in [5.74, 6) is -2.97. The quantitative estimate of drug-likeness (QED) is 0.218. The number of carbonyl (C=O) groups excluding carboxylic acids is 4. The molecule has 1 aliphatic heterocycles. The Bertz CT molecular complexity index is 1770. The van der Waals surface area contributed by atoms with Crippen LogP contribution in [-0.4, -0.2) is 85.3 Å². The minimum absolute atomic E-state index is 0.138. The van der Waals surface area contributed by atoms with Crippen molar-refractivity contribution in [3.05, 3.63) is 52.1 Å². The third kappa shape index (κ3) is 13.9. The van der Waals surface area contributed by atoms with Gasteiger partial charge in [0.2, 0.25) is 18.2 Å². The number of nitrogens with zero attached hydrogens (tertiary/aromatic N) is 2. The first-order valence-electron chi connectivity index (χ1n) is 17.5. The molecule has 13 nitrogen and oxygen atoms in total. The molecular formula is C36H50F2N6O7S2. The summed E-state index contributed by atoms with van der Waals surface area (Å²) in [6.07, 6.45) is -1.59. The smallest absolute Gasteiger partial charge is 0.408 e. The number of hydrogen-bond acceptors (Lipinski definition) is 9. The molecule has 4 unspecified atom stereocenters. The Kier molecular flexibility index (Phi) is 16.1. The summed E-state index contributed by atoms with van der Waals surface area (Å²) < 4.78 is 46.0. The van der Waals surface area contributed by atoms with Crippen LogP contribution in [0.3, 0.4) is 0 Å². The highest BCUT2D eigenvalue weighted by atomic mass is 32.2. The molecule has 53 heavy (non-hydrogen) atoms. The molecule has 2 aromatic heterocycles. The zero-order valence-corrected chi connectivity index (χ0v) is 32.7. The van der Waals surface area contributed by atoms with E-state index in [4.69, 9.17) is 4.74 Å². The number of likely N-dealkylation sites (tertiary alicyclic amines) is 1. The average Bonchev–Trinajstić information content (AvgIpc) is 3.55. The van der Waals surface area contributed by atoms with E-state index in [0.717, 1.165) is 28.8 Å². The van der Waals surface area contributed by atoms with Crippen LogP contribution in [0, 0.1) is 11.8 Å². The van der Waals surface area contributed by atoms with E-state index < -0.39 is 71.4 Å². The van der Waals surface area contributed by atoms with Gasteiger partial charge < -0.3 is 25.3 Å². The zero-order valence-electron chi connectivity index (χ0n) is 31.1. The number of benzene rings is 1. The largest absolute Gasteiger partial charge is 0.444 e. The molecule has 1 saturated carbocycles. The number of halogens is 2. The van der Waals surface area contributed by atoms with E-state index in [-0.39, 0.29) is 23.8 Å². The number of carbonyl (C=O) groups is 4. The minimum atomic E-state index is -2.91. The van der Waals surface area contributed by atoms with Gasteiger partial charge in [0.1, 0.15) is 40.9 Å². The highest BCUT2D eigenvalue weighted by Crippen LogP contribution is 2.26. The second-order valence-electron chi connectivity index (χ2n) is 14.4. The highest BCUT2D eigenvalue weighted by molar-refractivity contribution is 7.84. The molecular weight excluding hydrogens is 731 g/mol. The van der Waals surface area contributed by atoms with Gasteiger partial charge in [-0.3, -0.25) is 23.9 Å². The van der Waals surface area contributed by atoms with Gasteiger partial charge in [-0.1, -0.05) is 45.9 Å². The number of rotatable bonds is 10. The number of nitrogens with one attached hydrogen (secondary N) is 4. The van der Waals surface area contributed by atoms with Crippen molar-refractivity contribution < 1.29 is 36.9 Å². The molecule has 3 heterocycles. The van der Waals surface area contributed by atoms with E-state index in [1.165, 1.54) is 16.2 Å². The second-order valence-corrected chi connectivity index (χ2v) is 16.8. The first-order valence-corrected chi connectivity index (χ1v) is 19.6. The summed E-state index contributed by atoms with van der Waals surface area (Å²) in [5.41, 5.74) is 1.19. The predicted octanol–water partition coefficient (Wildman–Crippen LogP) is 5.14. The van der Waals surface area contributed by atoms with E-state index in [0.29, 0.717) is 25.0 Å². The SMILES string of the molecule is CC(C(F)F)C(NC(=O)C1CCCN1C(=O)CNC(=O)OC(C)(C)C)C(=O)NS(=O)C1CC1.CC(C)C.O=c1[nH]c2ccccc2nc1-c1cccs1. The maximum atomic E-state index is 13.3. The van der Waals surface area contributed by atoms with Gasteiger partial charge in [-0.15, -0.1) is 11.3 Å². The van der Waals surface area contributed by atoms with Crippen molar-refractivity contribution in [3.63, 3.8) is 0 Å². The van der Waals surface area contributed by atoms with Crippen LogP contribution in [0.1, 0.15) is 74.1 Å². The monoisotopic (exact) mass is 780 g/mol. The number of amides is 4. The first kappa shape index (κ1) is 43.2. The van der Waals surface area contributed by atoms with Crippen molar-refractivity contribution in [2.24, 2.45) is 11.8 Å². The molecule has 17 heteroatoms. The van der Waals surface area contributed by atoms with E-state index >= 15 is 0 Å². The van der Waals surface area contributed by atoms with Gasteiger partial charge in [0, 0.05) is 12.5 Å². The highest BCUT2D eigenvalue weighted by Gasteiger charge is 2.40. The van der Waals surface area contributed by atoms with Gasteiger partial charge in [0.25, 0.3) is 11.5 Å². The third-order valence-corrected chi connectivity index (χ3v) is 9.90. The van der Waals surface area contributed by atoms with Gasteiger partial charge in [0.05, 0.1) is 21.2 Å². The summed E-state index contributed by atoms with van der Waals surface area (Å²) >= 11 is 1.52. The Morgan fingerprint density at radius 1 is 1.06 bits per heavy atom. The van der Waals surface area contributed by atoms with Gasteiger partial charge in [0.15, 0.2) is 0 Å². The van der Waals surface area contributed by atoms with Crippen LogP contribution >= 0.6 is 11.3 Å². The molecule has 0 spiro atoms. The van der Waals surface area contributed by atoms with E-state index in [1.54, 1.807) is 20.8 Å². The number of hydrogen-bond donors (Lipinski definition) is 4. The topological polar surface area (TPSA) is 180 Å². The number of fused-ring (bicyclic) bond motifs is 1. The molecule has 0 radical (unpaired) electrons. The fourth-order valence-electron chi connectivity index (χ4n) is 4.87. The zero-order chi connectivity index (χ0) is 39.5. The molecule has 3 aromatic rings. The lowest BCUT2D eigenvalue weighted by Gasteiger charge is -2.28. The van der Waals surface area contributed by atoms with Gasteiger partial charge in [-0.25, -0.2) is 22.8 Å². The number of ether oxygens (including phenoxy) is 1. The van der Waals surface area contributed by atoms with Gasteiger partial charge in [-0.2, -0.15) is 0 Å². The molecule has 4 N–H and O–H groups in total.